The number of nitrogens with one attached hydrogen (secondary N) is 1. The van der Waals surface area contributed by atoms with Gasteiger partial charge in [-0.15, -0.1) is 0 Å². The molecule has 1 N–H and O–H groups in total. The second kappa shape index (κ2) is 7.31. The van der Waals surface area contributed by atoms with Gasteiger partial charge in [0.2, 0.25) is 0 Å². The van der Waals surface area contributed by atoms with E-state index in [4.69, 9.17) is 5.26 Å². The van der Waals surface area contributed by atoms with Gasteiger partial charge in [0.15, 0.2) is 0 Å². The van der Waals surface area contributed by atoms with Crippen LogP contribution in [0.15, 0.2) is 30.3 Å². The molecule has 0 heterocycles. The summed E-state index contributed by atoms with van der Waals surface area (Å²) < 4.78 is 0. The first kappa shape index (κ1) is 14.1. The summed E-state index contributed by atoms with van der Waals surface area (Å²) in [5.41, 5.74) is 1.24. The maximum absolute atomic E-state index is 9.04. The summed E-state index contributed by atoms with van der Waals surface area (Å²) in [7, 11) is 0. The van der Waals surface area contributed by atoms with Crippen LogP contribution in [0.4, 0.5) is 0 Å². The van der Waals surface area contributed by atoms with E-state index in [9.17, 15) is 0 Å². The Morgan fingerprint density at radius 2 is 2.00 bits per heavy atom. The Morgan fingerprint density at radius 3 is 2.74 bits per heavy atom. The number of hydrogen-bond donors (Lipinski definition) is 1. The predicted octanol–water partition coefficient (Wildman–Crippen LogP) is 4.20. The number of nitrogens with zero attached hydrogens (tertiary/aromatic N) is 1. The number of nitriles is 1. The average molecular weight is 256 g/mol. The van der Waals surface area contributed by atoms with Gasteiger partial charge in [-0.2, -0.15) is 5.26 Å². The molecule has 0 aromatic heterocycles. The minimum Gasteiger partial charge on any atom is -0.306 e. The Labute approximate surface area is 116 Å². The maximum atomic E-state index is 9.04. The second-order valence-corrected chi connectivity index (χ2v) is 5.80. The monoisotopic (exact) mass is 256 g/mol. The summed E-state index contributed by atoms with van der Waals surface area (Å²) >= 11 is 0. The van der Waals surface area contributed by atoms with Crippen molar-refractivity contribution in [3.05, 3.63) is 35.9 Å². The highest BCUT2D eigenvalue weighted by Crippen LogP contribution is 2.25. The van der Waals surface area contributed by atoms with E-state index < -0.39 is 0 Å². The lowest BCUT2D eigenvalue weighted by Crippen LogP contribution is -2.32. The molecule has 0 aliphatic heterocycles. The summed E-state index contributed by atoms with van der Waals surface area (Å²) in [6.07, 6.45) is 7.02. The van der Waals surface area contributed by atoms with E-state index in [1.165, 1.54) is 37.7 Å². The van der Waals surface area contributed by atoms with E-state index in [2.05, 4.69) is 42.6 Å². The zero-order valence-corrected chi connectivity index (χ0v) is 11.8. The normalized spacial score (nSPS) is 25.3. The molecule has 0 amide bonds. The minimum atomic E-state index is 0.185. The van der Waals surface area contributed by atoms with Gasteiger partial charge in [0.25, 0.3) is 0 Å². The molecular weight excluding hydrogens is 232 g/mol. The Kier molecular flexibility index (Phi) is 5.42. The molecule has 0 radical (unpaired) electrons. The third-order valence-corrected chi connectivity index (χ3v) is 4.19. The lowest BCUT2D eigenvalue weighted by Gasteiger charge is -2.23. The van der Waals surface area contributed by atoms with Crippen molar-refractivity contribution >= 4 is 0 Å². The summed E-state index contributed by atoms with van der Waals surface area (Å²) in [5.74, 6) is 0.859. The van der Waals surface area contributed by atoms with Crippen LogP contribution in [0.25, 0.3) is 0 Å². The molecule has 1 saturated carbocycles. The van der Waals surface area contributed by atoms with Crippen LogP contribution in [0.1, 0.15) is 57.1 Å². The first-order valence-electron chi connectivity index (χ1n) is 7.47. The summed E-state index contributed by atoms with van der Waals surface area (Å²) in [4.78, 5) is 0. The molecule has 3 atom stereocenters. The zero-order valence-electron chi connectivity index (χ0n) is 11.8. The van der Waals surface area contributed by atoms with Crippen molar-refractivity contribution in [3.8, 4) is 6.07 Å². The quantitative estimate of drug-likeness (QED) is 0.819. The van der Waals surface area contributed by atoms with E-state index in [1.807, 2.05) is 6.07 Å². The van der Waals surface area contributed by atoms with Gasteiger partial charge in [-0.25, -0.2) is 0 Å². The summed E-state index contributed by atoms with van der Waals surface area (Å²) in [6.45, 7) is 2.35. The number of benzene rings is 1. The van der Waals surface area contributed by atoms with Crippen LogP contribution in [0, 0.1) is 17.2 Å². The van der Waals surface area contributed by atoms with Crippen molar-refractivity contribution in [2.24, 2.45) is 5.92 Å². The third-order valence-electron chi connectivity index (χ3n) is 4.19. The second-order valence-electron chi connectivity index (χ2n) is 5.80. The lowest BCUT2D eigenvalue weighted by atomic mass is 10.0. The first-order valence-corrected chi connectivity index (χ1v) is 7.47. The van der Waals surface area contributed by atoms with Crippen LogP contribution < -0.4 is 5.32 Å². The van der Waals surface area contributed by atoms with E-state index in [0.29, 0.717) is 12.5 Å². The number of hydrogen-bond acceptors (Lipinski definition) is 2. The topological polar surface area (TPSA) is 35.8 Å². The molecule has 1 aromatic carbocycles. The Morgan fingerprint density at radius 1 is 1.21 bits per heavy atom. The van der Waals surface area contributed by atoms with Gasteiger partial charge in [0, 0.05) is 12.1 Å². The largest absolute Gasteiger partial charge is 0.306 e. The minimum absolute atomic E-state index is 0.185. The molecule has 1 aliphatic rings. The smallest absolute Gasteiger partial charge is 0.0641 e. The van der Waals surface area contributed by atoms with Gasteiger partial charge in [-0.1, -0.05) is 50.1 Å². The summed E-state index contributed by atoms with van der Waals surface area (Å²) in [6, 6.07) is 13.4. The highest BCUT2D eigenvalue weighted by molar-refractivity contribution is 5.20. The van der Waals surface area contributed by atoms with Crippen molar-refractivity contribution in [3.63, 3.8) is 0 Å². The van der Waals surface area contributed by atoms with Crippen molar-refractivity contribution in [1.82, 2.24) is 5.32 Å². The molecule has 0 spiro atoms. The van der Waals surface area contributed by atoms with E-state index >= 15 is 0 Å². The Bertz CT molecular complexity index is 407. The average Bonchev–Trinajstić information content (AvgIpc) is 2.64. The molecule has 1 fully saturated rings. The molecular formula is C17H24N2. The van der Waals surface area contributed by atoms with Crippen LogP contribution in [0.5, 0.6) is 0 Å². The summed E-state index contributed by atoms with van der Waals surface area (Å²) in [5, 5.41) is 12.7. The maximum Gasteiger partial charge on any atom is 0.0641 e. The van der Waals surface area contributed by atoms with Gasteiger partial charge in [0.05, 0.1) is 12.5 Å². The molecule has 2 heteroatoms. The van der Waals surface area contributed by atoms with Gasteiger partial charge < -0.3 is 5.32 Å². The molecule has 1 aliphatic carbocycles. The number of rotatable bonds is 4. The SMILES string of the molecule is CC1CCCC(NC(CC#N)c2ccccc2)CC1. The molecule has 3 unspecified atom stereocenters. The lowest BCUT2D eigenvalue weighted by molar-refractivity contribution is 0.396. The van der Waals surface area contributed by atoms with Crippen molar-refractivity contribution in [2.75, 3.05) is 0 Å². The molecule has 2 rings (SSSR count). The fraction of sp³-hybridized carbons (Fsp3) is 0.588. The highest BCUT2D eigenvalue weighted by Gasteiger charge is 2.20. The molecule has 19 heavy (non-hydrogen) atoms. The van der Waals surface area contributed by atoms with Crippen LogP contribution in [-0.2, 0) is 0 Å². The zero-order chi connectivity index (χ0) is 13.5. The van der Waals surface area contributed by atoms with Crippen molar-refractivity contribution in [2.45, 2.75) is 57.5 Å². The van der Waals surface area contributed by atoms with Crippen LogP contribution >= 0.6 is 0 Å². The molecule has 0 saturated heterocycles. The van der Waals surface area contributed by atoms with Gasteiger partial charge in [-0.3, -0.25) is 0 Å². The first-order chi connectivity index (χ1) is 9.29. The van der Waals surface area contributed by atoms with Crippen molar-refractivity contribution < 1.29 is 0 Å². The van der Waals surface area contributed by atoms with E-state index in [1.54, 1.807) is 0 Å². The standard InChI is InChI=1S/C17H24N2/c1-14-6-5-9-16(11-10-14)19-17(12-13-18)15-7-3-2-4-8-15/h2-4,7-8,14,16-17,19H,5-6,9-12H2,1H3. The van der Waals surface area contributed by atoms with E-state index in [0.717, 1.165) is 5.92 Å². The molecule has 102 valence electrons. The van der Waals surface area contributed by atoms with Crippen LogP contribution in [-0.4, -0.2) is 6.04 Å². The van der Waals surface area contributed by atoms with Crippen molar-refractivity contribution in [1.29, 1.82) is 5.26 Å². The predicted molar refractivity (Wildman–Crippen MR) is 78.6 cm³/mol. The molecule has 2 nitrogen and oxygen atoms in total. The van der Waals surface area contributed by atoms with Gasteiger partial charge >= 0.3 is 0 Å². The fourth-order valence-corrected chi connectivity index (χ4v) is 2.99. The van der Waals surface area contributed by atoms with E-state index in [-0.39, 0.29) is 6.04 Å². The van der Waals surface area contributed by atoms with Gasteiger partial charge in [-0.05, 0) is 30.7 Å². The third kappa shape index (κ3) is 4.36. The Hall–Kier alpha value is -1.33. The van der Waals surface area contributed by atoms with Crippen LogP contribution in [0.2, 0.25) is 0 Å². The highest BCUT2D eigenvalue weighted by atomic mass is 14.9. The van der Waals surface area contributed by atoms with Gasteiger partial charge in [0.1, 0.15) is 0 Å². The fourth-order valence-electron chi connectivity index (χ4n) is 2.99. The molecule has 1 aromatic rings. The Balaban J connectivity index is 1.99. The van der Waals surface area contributed by atoms with Crippen LogP contribution in [0.3, 0.4) is 0 Å². The molecule has 0 bridgehead atoms.